The highest BCUT2D eigenvalue weighted by Gasteiger charge is 2.33. The van der Waals surface area contributed by atoms with Crippen molar-refractivity contribution in [2.45, 2.75) is 43.6 Å². The third-order valence-corrected chi connectivity index (χ3v) is 5.66. The number of carbonyl (C=O) groups is 3. The van der Waals surface area contributed by atoms with Gasteiger partial charge in [0.15, 0.2) is 11.6 Å². The molecule has 11 N–H and O–H groups in total. The zero-order valence-corrected chi connectivity index (χ0v) is 24.2. The summed E-state index contributed by atoms with van der Waals surface area (Å²) in [4.78, 5) is 31.2. The minimum Gasteiger partial charge on any atom is -0.508 e. The Balaban J connectivity index is 0.000000640. The van der Waals surface area contributed by atoms with Gasteiger partial charge in [-0.3, -0.25) is 14.4 Å². The molecular formula is C28H32F5N3O8S. The van der Waals surface area contributed by atoms with Gasteiger partial charge < -0.3 is 42.7 Å². The number of phenols is 2. The van der Waals surface area contributed by atoms with Gasteiger partial charge in [0.1, 0.15) is 29.7 Å². The third kappa shape index (κ3) is 14.3. The number of rotatable bonds is 9. The molecule has 0 heterocycles. The lowest BCUT2D eigenvalue weighted by Gasteiger charge is -2.14. The van der Waals surface area contributed by atoms with E-state index in [4.69, 9.17) is 42.7 Å². The van der Waals surface area contributed by atoms with E-state index >= 15 is 0 Å². The molecular weight excluding hydrogens is 633 g/mol. The Morgan fingerprint density at radius 1 is 0.667 bits per heavy atom. The van der Waals surface area contributed by atoms with Crippen LogP contribution in [0.3, 0.4) is 0 Å². The summed E-state index contributed by atoms with van der Waals surface area (Å²) >= 11 is 0. The summed E-state index contributed by atoms with van der Waals surface area (Å²) < 4.78 is 63.4. The van der Waals surface area contributed by atoms with Crippen molar-refractivity contribution in [2.24, 2.45) is 17.2 Å². The lowest BCUT2D eigenvalue weighted by atomic mass is 10.0. The fourth-order valence-electron chi connectivity index (χ4n) is 3.34. The van der Waals surface area contributed by atoms with Crippen LogP contribution in [0.4, 0.5) is 22.0 Å². The van der Waals surface area contributed by atoms with E-state index in [2.05, 4.69) is 0 Å². The quantitative estimate of drug-likeness (QED) is 0.155. The van der Waals surface area contributed by atoms with Crippen LogP contribution in [-0.4, -0.2) is 61.6 Å². The smallest absolute Gasteiger partial charge is 0.416 e. The van der Waals surface area contributed by atoms with Crippen molar-refractivity contribution in [2.75, 3.05) is 0 Å². The Morgan fingerprint density at radius 2 is 1.16 bits per heavy atom. The Labute approximate surface area is 260 Å². The molecule has 45 heavy (non-hydrogen) atoms. The molecule has 0 aromatic heterocycles. The maximum atomic E-state index is 13.1. The summed E-state index contributed by atoms with van der Waals surface area (Å²) in [6, 6.07) is 8.47. The van der Waals surface area contributed by atoms with Crippen LogP contribution < -0.4 is 17.2 Å². The molecule has 0 fully saturated rings. The minimum atomic E-state index is -4.49. The average Bonchev–Trinajstić information content (AvgIpc) is 2.92. The number of hydrogen-bond acceptors (Lipinski definition) is 8. The van der Waals surface area contributed by atoms with Gasteiger partial charge in [-0.2, -0.15) is 26.7 Å². The molecule has 0 saturated carbocycles. The number of benzene rings is 3. The summed E-state index contributed by atoms with van der Waals surface area (Å²) in [5, 5.41) is 43.3. The topological polar surface area (TPSA) is 230 Å². The minimum absolute atomic E-state index is 0. The maximum absolute atomic E-state index is 13.1. The number of hydrogen-bond donors (Lipinski definition) is 8. The molecule has 0 bridgehead atoms. The highest BCUT2D eigenvalue weighted by molar-refractivity contribution is 7.59. The van der Waals surface area contributed by atoms with Crippen LogP contribution in [0, 0.1) is 11.6 Å². The zero-order chi connectivity index (χ0) is 33.8. The molecule has 3 atom stereocenters. The Hall–Kier alpha value is -4.45. The Kier molecular flexibility index (Phi) is 16.6. The van der Waals surface area contributed by atoms with Crippen molar-refractivity contribution >= 4 is 31.4 Å². The second-order valence-electron chi connectivity index (χ2n) is 9.16. The van der Waals surface area contributed by atoms with Crippen LogP contribution in [0.5, 0.6) is 11.5 Å². The monoisotopic (exact) mass is 665 g/mol. The summed E-state index contributed by atoms with van der Waals surface area (Å²) in [6.45, 7) is 0. The van der Waals surface area contributed by atoms with Crippen molar-refractivity contribution in [1.29, 1.82) is 0 Å². The molecule has 0 saturated heterocycles. The number of carboxylic acid groups (broad SMARTS) is 3. The Bertz CT molecular complexity index is 1450. The van der Waals surface area contributed by atoms with Crippen LogP contribution in [-0.2, 0) is 39.8 Å². The van der Waals surface area contributed by atoms with Gasteiger partial charge in [0.05, 0.1) is 5.56 Å². The highest BCUT2D eigenvalue weighted by Crippen LogP contribution is 2.32. The summed E-state index contributed by atoms with van der Waals surface area (Å²) in [6.07, 6.45) is -4.90. The molecule has 0 amide bonds. The van der Waals surface area contributed by atoms with E-state index in [1.54, 1.807) is 0 Å². The number of nitrogens with two attached hydrogens (primary N) is 3. The number of aliphatic carboxylic acids is 3. The largest absolute Gasteiger partial charge is 0.508 e. The number of carboxylic acids is 3. The number of aromatic hydroxyl groups is 2. The Morgan fingerprint density at radius 3 is 1.62 bits per heavy atom. The first-order chi connectivity index (χ1) is 20.3. The second kappa shape index (κ2) is 18.4. The van der Waals surface area contributed by atoms with Gasteiger partial charge in [0.25, 0.3) is 0 Å². The molecule has 0 radical (unpaired) electrons. The van der Waals surface area contributed by atoms with E-state index in [9.17, 15) is 36.3 Å². The van der Waals surface area contributed by atoms with Gasteiger partial charge in [0.2, 0.25) is 0 Å². The molecule has 0 aliphatic rings. The van der Waals surface area contributed by atoms with E-state index in [-0.39, 0.29) is 49.6 Å². The van der Waals surface area contributed by atoms with E-state index in [1.165, 1.54) is 42.5 Å². The molecule has 3 rings (SSSR count). The molecule has 3 aromatic carbocycles. The predicted molar refractivity (Wildman–Crippen MR) is 156 cm³/mol. The highest BCUT2D eigenvalue weighted by atomic mass is 32.1. The molecule has 0 spiro atoms. The van der Waals surface area contributed by atoms with E-state index in [1.807, 2.05) is 0 Å². The third-order valence-electron chi connectivity index (χ3n) is 5.66. The normalized spacial score (nSPS) is 12.5. The van der Waals surface area contributed by atoms with E-state index in [0.29, 0.717) is 5.56 Å². The van der Waals surface area contributed by atoms with E-state index < -0.39 is 65.2 Å². The van der Waals surface area contributed by atoms with Gasteiger partial charge in [-0.25, -0.2) is 8.78 Å². The van der Waals surface area contributed by atoms with Gasteiger partial charge in [-0.05, 0) is 53.8 Å². The summed E-state index contributed by atoms with van der Waals surface area (Å²) in [7, 11) is 0. The molecule has 11 nitrogen and oxygen atoms in total. The standard InChI is InChI=1S/C10H10F3NO2.2C9H10FNO3.H2S/c11-10(12,13)7-4-2-1-3-6(7)5-8(14)9(15)16;10-7-4-6(12)2-1-5(7)3-8(11)9(13)14;10-6-3-5(1-2-8(6)12)4-7(11)9(13)14;/h1-4,8H,5,14H2,(H,15,16);1-2,4,8,12H,3,11H2,(H,13,14);1-3,7,12H,4,11H2,(H,13,14);1H2/t;;7-;/m..0./s1. The first-order valence-electron chi connectivity index (χ1n) is 12.4. The summed E-state index contributed by atoms with van der Waals surface area (Å²) in [5.74, 6) is -5.73. The fourth-order valence-corrected chi connectivity index (χ4v) is 3.34. The average molecular weight is 666 g/mol. The van der Waals surface area contributed by atoms with Crippen molar-refractivity contribution in [3.8, 4) is 11.5 Å². The lowest BCUT2D eigenvalue weighted by molar-refractivity contribution is -0.140. The molecule has 2 unspecified atom stereocenters. The fraction of sp³-hybridized carbons (Fsp3) is 0.250. The predicted octanol–water partition coefficient (Wildman–Crippen LogP) is 2.74. The molecule has 248 valence electrons. The molecule has 0 aliphatic heterocycles. The number of phenolic OH excluding ortho intramolecular Hbond substituents is 2. The first kappa shape index (κ1) is 40.5. The van der Waals surface area contributed by atoms with Crippen LogP contribution >= 0.6 is 13.5 Å². The SMILES string of the molecule is NC(Cc1ccc(O)cc1F)C(=O)O.NC(Cc1ccccc1C(F)(F)F)C(=O)O.N[C@@H](Cc1ccc(O)c(F)c1)C(=O)O.S. The second-order valence-corrected chi connectivity index (χ2v) is 9.16. The molecule has 17 heteroatoms. The maximum Gasteiger partial charge on any atom is 0.416 e. The van der Waals surface area contributed by atoms with Crippen molar-refractivity contribution in [1.82, 2.24) is 0 Å². The summed E-state index contributed by atoms with van der Waals surface area (Å²) in [5.41, 5.74) is 15.3. The van der Waals surface area contributed by atoms with Crippen molar-refractivity contribution in [3.05, 3.63) is 94.6 Å². The van der Waals surface area contributed by atoms with Gasteiger partial charge in [-0.15, -0.1) is 0 Å². The number of alkyl halides is 3. The van der Waals surface area contributed by atoms with Crippen molar-refractivity contribution in [3.63, 3.8) is 0 Å². The lowest BCUT2D eigenvalue weighted by Crippen LogP contribution is -2.33. The first-order valence-corrected chi connectivity index (χ1v) is 12.4. The van der Waals surface area contributed by atoms with Crippen LogP contribution in [0.2, 0.25) is 0 Å². The van der Waals surface area contributed by atoms with Gasteiger partial charge >= 0.3 is 24.1 Å². The van der Waals surface area contributed by atoms with E-state index in [0.717, 1.165) is 18.2 Å². The van der Waals surface area contributed by atoms with Gasteiger partial charge in [-0.1, -0.05) is 30.3 Å². The van der Waals surface area contributed by atoms with Crippen LogP contribution in [0.25, 0.3) is 0 Å². The van der Waals surface area contributed by atoms with Crippen LogP contribution in [0.1, 0.15) is 22.3 Å². The number of halogens is 5. The zero-order valence-electron chi connectivity index (χ0n) is 23.2. The molecule has 0 aliphatic carbocycles. The molecule has 3 aromatic rings. The van der Waals surface area contributed by atoms with Crippen LogP contribution in [0.15, 0.2) is 60.7 Å². The van der Waals surface area contributed by atoms with Crippen molar-refractivity contribution < 1.29 is 61.9 Å². The van der Waals surface area contributed by atoms with Gasteiger partial charge in [0, 0.05) is 12.5 Å².